The van der Waals surface area contributed by atoms with Gasteiger partial charge in [0.1, 0.15) is 23.8 Å². The third-order valence-electron chi connectivity index (χ3n) is 5.76. The number of nitrogens with zero attached hydrogens (tertiary/aromatic N) is 2. The molecule has 0 saturated carbocycles. The van der Waals surface area contributed by atoms with E-state index in [1.165, 1.54) is 23.6 Å². The molecule has 1 saturated heterocycles. The maximum atomic E-state index is 15.0. The van der Waals surface area contributed by atoms with Crippen LogP contribution in [0.15, 0.2) is 35.3 Å². The van der Waals surface area contributed by atoms with Gasteiger partial charge in [0.25, 0.3) is 0 Å². The largest absolute Gasteiger partial charge is 0.477 e. The second-order valence-corrected chi connectivity index (χ2v) is 8.15. The van der Waals surface area contributed by atoms with E-state index in [1.54, 1.807) is 4.90 Å². The average molecular weight is 472 g/mol. The van der Waals surface area contributed by atoms with Crippen LogP contribution in [-0.2, 0) is 16.1 Å². The highest BCUT2D eigenvalue weighted by molar-refractivity contribution is 5.94. The molecule has 34 heavy (non-hydrogen) atoms. The van der Waals surface area contributed by atoms with E-state index in [2.05, 4.69) is 0 Å². The van der Waals surface area contributed by atoms with Crippen LogP contribution in [0.25, 0.3) is 16.6 Å². The van der Waals surface area contributed by atoms with Crippen LogP contribution in [0, 0.1) is 11.6 Å². The van der Waals surface area contributed by atoms with E-state index in [0.29, 0.717) is 19.5 Å². The quantitative estimate of drug-likeness (QED) is 0.379. The molecule has 2 heterocycles. The van der Waals surface area contributed by atoms with Crippen LogP contribution >= 0.6 is 0 Å². The number of aromatic nitrogens is 1. The minimum absolute atomic E-state index is 0.140. The lowest BCUT2D eigenvalue weighted by atomic mass is 10.1. The summed E-state index contributed by atoms with van der Waals surface area (Å²) in [5.41, 5.74) is 10.7. The first-order valence-corrected chi connectivity index (χ1v) is 10.4. The zero-order valence-electron chi connectivity index (χ0n) is 18.2. The topological polar surface area (TPSA) is 141 Å². The number of carbonyl (C=O) groups is 2. The number of carbonyl (C=O) groups excluding carboxylic acids is 1. The van der Waals surface area contributed by atoms with Gasteiger partial charge >= 0.3 is 11.9 Å². The molecule has 0 radical (unpaired) electrons. The molecule has 3 aromatic rings. The van der Waals surface area contributed by atoms with Gasteiger partial charge in [0.05, 0.1) is 22.6 Å². The Morgan fingerprint density at radius 1 is 1.18 bits per heavy atom. The molecule has 0 bridgehead atoms. The van der Waals surface area contributed by atoms with Crippen molar-refractivity contribution in [1.82, 2.24) is 4.57 Å². The molecular formula is C23H22F2N4O5. The third kappa shape index (κ3) is 4.17. The second-order valence-electron chi connectivity index (χ2n) is 8.15. The SMILES string of the molecule is CC(=O)OCc1cc(F)c(N)cc1-n1cc(C(=O)O)c(=O)c2cc(F)c(N3CCC(N)C3)cc21. The van der Waals surface area contributed by atoms with Crippen molar-refractivity contribution in [2.24, 2.45) is 5.73 Å². The summed E-state index contributed by atoms with van der Waals surface area (Å²) in [6.07, 6.45) is 1.72. The maximum absolute atomic E-state index is 15.0. The molecule has 5 N–H and O–H groups in total. The smallest absolute Gasteiger partial charge is 0.341 e. The highest BCUT2D eigenvalue weighted by atomic mass is 19.1. The van der Waals surface area contributed by atoms with Gasteiger partial charge in [0.2, 0.25) is 5.43 Å². The van der Waals surface area contributed by atoms with Crippen molar-refractivity contribution in [3.8, 4) is 5.69 Å². The van der Waals surface area contributed by atoms with Crippen molar-refractivity contribution in [2.45, 2.75) is 26.0 Å². The number of fused-ring (bicyclic) bond motifs is 1. The Labute approximate surface area is 192 Å². The molecule has 1 unspecified atom stereocenters. The lowest BCUT2D eigenvalue weighted by Gasteiger charge is -2.22. The molecule has 1 fully saturated rings. The number of hydrogen-bond acceptors (Lipinski definition) is 7. The van der Waals surface area contributed by atoms with Crippen molar-refractivity contribution < 1.29 is 28.2 Å². The first-order chi connectivity index (χ1) is 16.1. The number of aromatic carboxylic acids is 1. The Morgan fingerprint density at radius 3 is 2.53 bits per heavy atom. The number of ether oxygens (including phenoxy) is 1. The van der Waals surface area contributed by atoms with E-state index < -0.39 is 34.6 Å². The summed E-state index contributed by atoms with van der Waals surface area (Å²) in [5.74, 6) is -3.61. The number of carboxylic acid groups (broad SMARTS) is 1. The van der Waals surface area contributed by atoms with E-state index in [-0.39, 0.29) is 46.2 Å². The van der Waals surface area contributed by atoms with Crippen LogP contribution in [0.4, 0.5) is 20.2 Å². The summed E-state index contributed by atoms with van der Waals surface area (Å²) in [4.78, 5) is 37.7. The third-order valence-corrected chi connectivity index (χ3v) is 5.76. The Balaban J connectivity index is 2.04. The zero-order chi connectivity index (χ0) is 24.7. The van der Waals surface area contributed by atoms with Gasteiger partial charge in [0, 0.05) is 43.2 Å². The van der Waals surface area contributed by atoms with E-state index in [9.17, 15) is 23.9 Å². The molecule has 1 aliphatic rings. The fourth-order valence-electron chi connectivity index (χ4n) is 4.07. The zero-order valence-corrected chi connectivity index (χ0v) is 18.2. The molecule has 178 valence electrons. The lowest BCUT2D eigenvalue weighted by Crippen LogP contribution is -2.27. The van der Waals surface area contributed by atoms with Crippen LogP contribution < -0.4 is 21.8 Å². The fraction of sp³-hybridized carbons (Fsp3) is 0.261. The summed E-state index contributed by atoms with van der Waals surface area (Å²) in [5, 5.41) is 9.39. The van der Waals surface area contributed by atoms with Crippen molar-refractivity contribution in [2.75, 3.05) is 23.7 Å². The maximum Gasteiger partial charge on any atom is 0.341 e. The number of pyridine rings is 1. The number of nitrogen functional groups attached to an aromatic ring is 1. The standard InChI is InChI=1S/C23H22F2N4O5/c1-11(30)34-10-12-4-16(24)18(27)6-19(12)29-9-15(23(32)33)22(31)14-5-17(25)21(7-20(14)29)28-3-2-13(26)8-28/h4-7,9,13H,2-3,8,10,26-27H2,1H3,(H,32,33). The predicted octanol–water partition coefficient (Wildman–Crippen LogP) is 2.15. The van der Waals surface area contributed by atoms with Gasteiger partial charge < -0.3 is 30.8 Å². The number of esters is 1. The number of rotatable bonds is 5. The van der Waals surface area contributed by atoms with E-state index in [4.69, 9.17) is 16.2 Å². The Kier molecular flexibility index (Phi) is 5.96. The van der Waals surface area contributed by atoms with Crippen molar-refractivity contribution in [3.63, 3.8) is 0 Å². The van der Waals surface area contributed by atoms with Gasteiger partial charge in [-0.3, -0.25) is 9.59 Å². The number of halogens is 2. The highest BCUT2D eigenvalue weighted by Crippen LogP contribution is 2.31. The first-order valence-electron chi connectivity index (χ1n) is 10.4. The number of hydrogen-bond donors (Lipinski definition) is 3. The van der Waals surface area contributed by atoms with E-state index in [0.717, 1.165) is 18.3 Å². The molecule has 2 aromatic carbocycles. The number of benzene rings is 2. The number of anilines is 2. The van der Waals surface area contributed by atoms with Crippen molar-refractivity contribution >= 4 is 34.2 Å². The molecular weight excluding hydrogens is 450 g/mol. The lowest BCUT2D eigenvalue weighted by molar-refractivity contribution is -0.142. The molecule has 1 atom stereocenters. The summed E-state index contributed by atoms with van der Waals surface area (Å²) >= 11 is 0. The summed E-state index contributed by atoms with van der Waals surface area (Å²) in [6, 6.07) is 4.56. The second kappa shape index (κ2) is 8.75. The summed E-state index contributed by atoms with van der Waals surface area (Å²) in [7, 11) is 0. The molecule has 9 nitrogen and oxygen atoms in total. The van der Waals surface area contributed by atoms with E-state index >= 15 is 4.39 Å². The Bertz CT molecular complexity index is 1390. The summed E-state index contributed by atoms with van der Waals surface area (Å²) in [6.45, 7) is 1.75. The molecule has 0 spiro atoms. The molecule has 4 rings (SSSR count). The minimum Gasteiger partial charge on any atom is -0.477 e. The van der Waals surface area contributed by atoms with Crippen molar-refractivity contribution in [3.05, 3.63) is 63.4 Å². The fourth-order valence-corrected chi connectivity index (χ4v) is 4.07. The van der Waals surface area contributed by atoms with E-state index in [1.807, 2.05) is 0 Å². The number of carboxylic acids is 1. The van der Waals surface area contributed by atoms with Gasteiger partial charge in [0.15, 0.2) is 0 Å². The van der Waals surface area contributed by atoms with Gasteiger partial charge in [-0.2, -0.15) is 0 Å². The monoisotopic (exact) mass is 472 g/mol. The minimum atomic E-state index is -1.52. The van der Waals surface area contributed by atoms with Crippen LogP contribution in [0.1, 0.15) is 29.3 Å². The molecule has 11 heteroatoms. The molecule has 1 aliphatic heterocycles. The van der Waals surface area contributed by atoms with Gasteiger partial charge in [-0.05, 0) is 30.7 Å². The van der Waals surface area contributed by atoms with Crippen LogP contribution in [0.5, 0.6) is 0 Å². The van der Waals surface area contributed by atoms with Gasteiger partial charge in [-0.25, -0.2) is 13.6 Å². The van der Waals surface area contributed by atoms with Crippen LogP contribution in [0.2, 0.25) is 0 Å². The highest BCUT2D eigenvalue weighted by Gasteiger charge is 2.25. The molecule has 0 aliphatic carbocycles. The molecule has 1 aromatic heterocycles. The predicted molar refractivity (Wildman–Crippen MR) is 121 cm³/mol. The van der Waals surface area contributed by atoms with Crippen molar-refractivity contribution in [1.29, 1.82) is 0 Å². The first kappa shape index (κ1) is 23.2. The van der Waals surface area contributed by atoms with Gasteiger partial charge in [-0.15, -0.1) is 0 Å². The Morgan fingerprint density at radius 2 is 1.91 bits per heavy atom. The average Bonchev–Trinajstić information content (AvgIpc) is 3.20. The number of nitrogens with two attached hydrogens (primary N) is 2. The van der Waals surface area contributed by atoms with Gasteiger partial charge in [-0.1, -0.05) is 0 Å². The van der Waals surface area contributed by atoms with Crippen LogP contribution in [0.3, 0.4) is 0 Å². The van der Waals surface area contributed by atoms with Crippen LogP contribution in [-0.4, -0.2) is 40.7 Å². The molecule has 0 amide bonds. The summed E-state index contributed by atoms with van der Waals surface area (Å²) < 4.78 is 35.6. The normalized spacial score (nSPS) is 15.6. The Hall–Kier alpha value is -3.99.